The molecule has 0 saturated heterocycles. The minimum absolute atomic E-state index is 0.00402. The fourth-order valence-electron chi connectivity index (χ4n) is 2.53. The molecule has 1 saturated carbocycles. The van der Waals surface area contributed by atoms with E-state index >= 15 is 0 Å². The summed E-state index contributed by atoms with van der Waals surface area (Å²) in [7, 11) is 0. The van der Waals surface area contributed by atoms with Crippen molar-refractivity contribution >= 4 is 17.2 Å². The number of carbonyl (C=O) groups is 1. The van der Waals surface area contributed by atoms with Crippen LogP contribution in [0.4, 0.5) is 0 Å². The van der Waals surface area contributed by atoms with Crippen molar-refractivity contribution in [3.8, 4) is 0 Å². The Morgan fingerprint density at radius 2 is 2.11 bits per heavy atom. The average Bonchev–Trinajstić information content (AvgIpc) is 2.81. The minimum Gasteiger partial charge on any atom is -0.272 e. The van der Waals surface area contributed by atoms with Gasteiger partial charge in [0.1, 0.15) is 12.7 Å². The molecule has 6 heteroatoms. The maximum Gasteiger partial charge on any atom is 0.250 e. The molecule has 0 aromatic carbocycles. The smallest absolute Gasteiger partial charge is 0.250 e. The van der Waals surface area contributed by atoms with Gasteiger partial charge in [-0.3, -0.25) is 10.2 Å². The van der Waals surface area contributed by atoms with E-state index in [1.165, 1.54) is 17.3 Å². The van der Waals surface area contributed by atoms with Gasteiger partial charge in [0.2, 0.25) is 0 Å². The fourth-order valence-corrected chi connectivity index (χ4v) is 3.63. The summed E-state index contributed by atoms with van der Waals surface area (Å²) in [5.41, 5.74) is 2.41. The summed E-state index contributed by atoms with van der Waals surface area (Å²) < 4.78 is 1.49. The number of nitrogens with zero attached hydrogens (tertiary/aromatic N) is 3. The maximum atomic E-state index is 12.5. The first kappa shape index (κ1) is 11.4. The molecule has 2 heterocycles. The molecule has 5 nitrogen and oxygen atoms in total. The second-order valence-corrected chi connectivity index (χ2v) is 6.20. The van der Waals surface area contributed by atoms with Gasteiger partial charge in [0.15, 0.2) is 0 Å². The molecule has 94 valence electrons. The van der Waals surface area contributed by atoms with Gasteiger partial charge in [0.05, 0.1) is 5.41 Å². The van der Waals surface area contributed by atoms with Crippen molar-refractivity contribution in [2.75, 3.05) is 5.43 Å². The Kier molecular flexibility index (Phi) is 2.31. The van der Waals surface area contributed by atoms with Gasteiger partial charge < -0.3 is 0 Å². The molecule has 1 N–H and O–H groups in total. The van der Waals surface area contributed by atoms with E-state index in [1.807, 2.05) is 17.5 Å². The summed E-state index contributed by atoms with van der Waals surface area (Å²) >= 11 is 1.63. The molecule has 1 atom stereocenters. The van der Waals surface area contributed by atoms with Crippen molar-refractivity contribution < 1.29 is 4.79 Å². The number of aromatic nitrogens is 3. The molecular weight excluding hydrogens is 248 g/mol. The van der Waals surface area contributed by atoms with Crippen LogP contribution in [0.25, 0.3) is 0 Å². The van der Waals surface area contributed by atoms with Crippen LogP contribution in [0.5, 0.6) is 0 Å². The highest BCUT2D eigenvalue weighted by molar-refractivity contribution is 7.10. The van der Waals surface area contributed by atoms with Crippen molar-refractivity contribution in [1.29, 1.82) is 0 Å². The highest BCUT2D eigenvalue weighted by atomic mass is 32.1. The number of rotatable bonds is 3. The van der Waals surface area contributed by atoms with Gasteiger partial charge in [-0.2, -0.15) is 0 Å². The second-order valence-electron chi connectivity index (χ2n) is 5.25. The average molecular weight is 262 g/mol. The van der Waals surface area contributed by atoms with Gasteiger partial charge in [0.25, 0.3) is 5.91 Å². The van der Waals surface area contributed by atoms with Crippen LogP contribution in [0.2, 0.25) is 0 Å². The Hall–Kier alpha value is -1.69. The van der Waals surface area contributed by atoms with Gasteiger partial charge in [0, 0.05) is 4.88 Å². The first-order chi connectivity index (χ1) is 8.56. The minimum atomic E-state index is -0.411. The lowest BCUT2D eigenvalue weighted by Gasteiger charge is -2.18. The van der Waals surface area contributed by atoms with Crippen LogP contribution in [-0.2, 0) is 10.2 Å². The van der Waals surface area contributed by atoms with E-state index in [0.29, 0.717) is 0 Å². The first-order valence-electron chi connectivity index (χ1n) is 5.76. The van der Waals surface area contributed by atoms with Gasteiger partial charge in [-0.25, -0.2) is 4.68 Å². The van der Waals surface area contributed by atoms with E-state index in [0.717, 1.165) is 11.3 Å². The standard InChI is InChI=1S/C12H14N4OS/c1-11(2)6-12(11,9-4-3-5-18-9)10(17)15-16-7-13-14-8-16/h3-5,7-8H,6H2,1-2H3,(H,15,17). The molecule has 2 aromatic rings. The second kappa shape index (κ2) is 3.65. The SMILES string of the molecule is CC1(C)CC1(C(=O)Nn1cnnc1)c1cccs1. The van der Waals surface area contributed by atoms with E-state index in [2.05, 4.69) is 29.5 Å². The van der Waals surface area contributed by atoms with E-state index in [9.17, 15) is 4.79 Å². The monoisotopic (exact) mass is 262 g/mol. The van der Waals surface area contributed by atoms with Gasteiger partial charge in [-0.05, 0) is 23.3 Å². The molecule has 0 bridgehead atoms. The molecule has 3 rings (SSSR count). The van der Waals surface area contributed by atoms with Crippen LogP contribution in [0, 0.1) is 5.41 Å². The third kappa shape index (κ3) is 1.49. The first-order valence-corrected chi connectivity index (χ1v) is 6.64. The number of amides is 1. The molecule has 1 aliphatic carbocycles. The van der Waals surface area contributed by atoms with Crippen molar-refractivity contribution in [2.24, 2.45) is 5.41 Å². The summed E-state index contributed by atoms with van der Waals surface area (Å²) in [5.74, 6) is 0.00903. The number of carbonyl (C=O) groups excluding carboxylic acids is 1. The number of thiophene rings is 1. The number of hydrogen-bond acceptors (Lipinski definition) is 4. The van der Waals surface area contributed by atoms with Crippen molar-refractivity contribution in [3.05, 3.63) is 35.0 Å². The molecule has 1 amide bonds. The Morgan fingerprint density at radius 3 is 2.61 bits per heavy atom. The number of nitrogens with one attached hydrogen (secondary N) is 1. The van der Waals surface area contributed by atoms with E-state index in [1.54, 1.807) is 11.3 Å². The highest BCUT2D eigenvalue weighted by Crippen LogP contribution is 2.65. The van der Waals surface area contributed by atoms with Crippen LogP contribution < -0.4 is 5.43 Å². The lowest BCUT2D eigenvalue weighted by atomic mass is 9.93. The van der Waals surface area contributed by atoms with Crippen LogP contribution in [-0.4, -0.2) is 20.8 Å². The van der Waals surface area contributed by atoms with E-state index in [4.69, 9.17) is 0 Å². The lowest BCUT2D eigenvalue weighted by Crippen LogP contribution is -2.35. The van der Waals surface area contributed by atoms with Gasteiger partial charge >= 0.3 is 0 Å². The molecule has 18 heavy (non-hydrogen) atoms. The maximum absolute atomic E-state index is 12.5. The van der Waals surface area contributed by atoms with Crippen LogP contribution >= 0.6 is 11.3 Å². The Labute approximate surface area is 109 Å². The third-order valence-corrected chi connectivity index (χ3v) is 4.75. The zero-order chi connectivity index (χ0) is 12.8. The van der Waals surface area contributed by atoms with E-state index < -0.39 is 5.41 Å². The summed E-state index contributed by atoms with van der Waals surface area (Å²) in [6.07, 6.45) is 3.83. The summed E-state index contributed by atoms with van der Waals surface area (Å²) in [6, 6.07) is 4.02. The quantitative estimate of drug-likeness (QED) is 0.917. The van der Waals surface area contributed by atoms with E-state index in [-0.39, 0.29) is 11.3 Å². The van der Waals surface area contributed by atoms with Gasteiger partial charge in [-0.15, -0.1) is 21.5 Å². The van der Waals surface area contributed by atoms with Crippen molar-refractivity contribution in [1.82, 2.24) is 14.9 Å². The molecule has 1 unspecified atom stereocenters. The van der Waals surface area contributed by atoms with Crippen LogP contribution in [0.15, 0.2) is 30.2 Å². The van der Waals surface area contributed by atoms with Crippen molar-refractivity contribution in [3.63, 3.8) is 0 Å². The molecule has 1 fully saturated rings. The van der Waals surface area contributed by atoms with Crippen LogP contribution in [0.3, 0.4) is 0 Å². The zero-order valence-electron chi connectivity index (χ0n) is 10.3. The zero-order valence-corrected chi connectivity index (χ0v) is 11.1. The van der Waals surface area contributed by atoms with Crippen LogP contribution in [0.1, 0.15) is 25.1 Å². The Bertz CT molecular complexity index is 561. The summed E-state index contributed by atoms with van der Waals surface area (Å²) in [6.45, 7) is 4.25. The summed E-state index contributed by atoms with van der Waals surface area (Å²) in [5, 5.41) is 9.37. The molecular formula is C12H14N4OS. The fraction of sp³-hybridized carbons (Fsp3) is 0.417. The highest BCUT2D eigenvalue weighted by Gasteiger charge is 2.67. The lowest BCUT2D eigenvalue weighted by molar-refractivity contribution is -0.120. The summed E-state index contributed by atoms with van der Waals surface area (Å²) in [4.78, 5) is 13.7. The Morgan fingerprint density at radius 1 is 1.44 bits per heavy atom. The number of hydrogen-bond donors (Lipinski definition) is 1. The normalized spacial score (nSPS) is 24.8. The molecule has 0 spiro atoms. The predicted octanol–water partition coefficient (Wildman–Crippen LogP) is 1.78. The molecule has 2 aromatic heterocycles. The molecule has 0 radical (unpaired) electrons. The molecule has 1 aliphatic rings. The Balaban J connectivity index is 1.91. The van der Waals surface area contributed by atoms with Crippen molar-refractivity contribution in [2.45, 2.75) is 25.7 Å². The molecule has 0 aliphatic heterocycles. The predicted molar refractivity (Wildman–Crippen MR) is 68.8 cm³/mol. The third-order valence-electron chi connectivity index (χ3n) is 3.72. The van der Waals surface area contributed by atoms with Gasteiger partial charge in [-0.1, -0.05) is 19.9 Å². The topological polar surface area (TPSA) is 59.8 Å². The largest absolute Gasteiger partial charge is 0.272 e.